The van der Waals surface area contributed by atoms with E-state index < -0.39 is 0 Å². The van der Waals surface area contributed by atoms with E-state index in [0.717, 1.165) is 23.4 Å². The van der Waals surface area contributed by atoms with Crippen LogP contribution in [0.5, 0.6) is 0 Å². The van der Waals surface area contributed by atoms with Crippen molar-refractivity contribution in [3.05, 3.63) is 83.4 Å². The number of nitrogens with one attached hydrogen (secondary N) is 2. The molecule has 0 saturated carbocycles. The molecule has 0 atom stereocenters. The van der Waals surface area contributed by atoms with Crippen molar-refractivity contribution in [3.63, 3.8) is 0 Å². The maximum absolute atomic E-state index is 12.4. The molecule has 152 valence electrons. The third kappa shape index (κ3) is 4.35. The number of carbonyl (C=O) groups excluding carboxylic acids is 2. The number of rotatable bonds is 6. The van der Waals surface area contributed by atoms with Crippen LogP contribution in [0.3, 0.4) is 0 Å². The van der Waals surface area contributed by atoms with Gasteiger partial charge in [0.1, 0.15) is 0 Å². The largest absolute Gasteiger partial charge is 0.376 e. The van der Waals surface area contributed by atoms with Crippen molar-refractivity contribution in [2.75, 3.05) is 30.8 Å². The Balaban J connectivity index is 1.29. The van der Waals surface area contributed by atoms with E-state index in [1.165, 1.54) is 27.2 Å². The van der Waals surface area contributed by atoms with E-state index >= 15 is 0 Å². The highest BCUT2D eigenvalue weighted by Crippen LogP contribution is 2.37. The Morgan fingerprint density at radius 2 is 1.60 bits per heavy atom. The van der Waals surface area contributed by atoms with E-state index in [2.05, 4.69) is 47.0 Å². The summed E-state index contributed by atoms with van der Waals surface area (Å²) in [6.07, 6.45) is 0.911. The van der Waals surface area contributed by atoms with Crippen LogP contribution in [-0.4, -0.2) is 36.9 Å². The molecule has 2 amide bonds. The molecule has 0 unspecified atom stereocenters. The van der Waals surface area contributed by atoms with E-state index in [4.69, 9.17) is 0 Å². The summed E-state index contributed by atoms with van der Waals surface area (Å²) in [5, 5.41) is 6.00. The van der Waals surface area contributed by atoms with Crippen LogP contribution in [0.1, 0.15) is 16.7 Å². The van der Waals surface area contributed by atoms with Crippen molar-refractivity contribution in [2.24, 2.45) is 0 Å². The predicted molar refractivity (Wildman–Crippen MR) is 121 cm³/mol. The smallest absolute Gasteiger partial charge is 0.243 e. The average molecular weight is 399 g/mol. The summed E-state index contributed by atoms with van der Waals surface area (Å²) in [6, 6.07) is 22.2. The van der Waals surface area contributed by atoms with Crippen molar-refractivity contribution in [1.82, 2.24) is 4.90 Å². The lowest BCUT2D eigenvalue weighted by Gasteiger charge is -2.18. The number of carbonyl (C=O) groups is 2. The van der Waals surface area contributed by atoms with Gasteiger partial charge in [-0.25, -0.2) is 0 Å². The van der Waals surface area contributed by atoms with E-state index in [0.29, 0.717) is 0 Å². The lowest BCUT2D eigenvalue weighted by molar-refractivity contribution is -0.131. The number of anilines is 2. The molecule has 0 fully saturated rings. The molecule has 0 heterocycles. The van der Waals surface area contributed by atoms with Gasteiger partial charge >= 0.3 is 0 Å². The van der Waals surface area contributed by atoms with Crippen LogP contribution in [0.25, 0.3) is 11.1 Å². The highest BCUT2D eigenvalue weighted by atomic mass is 16.2. The van der Waals surface area contributed by atoms with E-state index in [-0.39, 0.29) is 24.9 Å². The molecule has 2 N–H and O–H groups in total. The van der Waals surface area contributed by atoms with Gasteiger partial charge in [0.05, 0.1) is 13.1 Å². The molecule has 1 aliphatic rings. The Morgan fingerprint density at radius 1 is 0.900 bits per heavy atom. The fourth-order valence-corrected chi connectivity index (χ4v) is 3.71. The molecule has 0 bridgehead atoms. The topological polar surface area (TPSA) is 61.4 Å². The minimum atomic E-state index is -0.218. The first-order valence-electron chi connectivity index (χ1n) is 10.0. The molecule has 30 heavy (non-hydrogen) atoms. The summed E-state index contributed by atoms with van der Waals surface area (Å²) in [7, 11) is 1.64. The Kier molecular flexibility index (Phi) is 5.53. The molecule has 4 rings (SSSR count). The average Bonchev–Trinajstić information content (AvgIpc) is 3.11. The Bertz CT molecular complexity index is 1090. The van der Waals surface area contributed by atoms with E-state index in [9.17, 15) is 9.59 Å². The number of fused-ring (bicyclic) bond motifs is 3. The van der Waals surface area contributed by atoms with Gasteiger partial charge in [-0.15, -0.1) is 0 Å². The van der Waals surface area contributed by atoms with Gasteiger partial charge in [-0.2, -0.15) is 0 Å². The minimum Gasteiger partial charge on any atom is -0.376 e. The minimum absolute atomic E-state index is 0.00782. The molecule has 0 saturated heterocycles. The molecular weight excluding hydrogens is 374 g/mol. The maximum Gasteiger partial charge on any atom is 0.243 e. The fourth-order valence-electron chi connectivity index (χ4n) is 3.71. The highest BCUT2D eigenvalue weighted by molar-refractivity contribution is 5.95. The zero-order valence-corrected chi connectivity index (χ0v) is 17.2. The van der Waals surface area contributed by atoms with Crippen molar-refractivity contribution in [3.8, 4) is 11.1 Å². The molecule has 3 aromatic rings. The van der Waals surface area contributed by atoms with Crippen LogP contribution in [0, 0.1) is 6.92 Å². The van der Waals surface area contributed by atoms with Crippen molar-refractivity contribution < 1.29 is 9.59 Å². The Labute approximate surface area is 176 Å². The molecule has 0 aromatic heterocycles. The fraction of sp³-hybridized carbons (Fsp3) is 0.200. The van der Waals surface area contributed by atoms with Crippen molar-refractivity contribution >= 4 is 23.2 Å². The first-order valence-corrected chi connectivity index (χ1v) is 10.0. The van der Waals surface area contributed by atoms with Crippen LogP contribution in [0.15, 0.2) is 66.7 Å². The van der Waals surface area contributed by atoms with Gasteiger partial charge in [0.15, 0.2) is 0 Å². The van der Waals surface area contributed by atoms with Crippen LogP contribution in [-0.2, 0) is 16.0 Å². The van der Waals surface area contributed by atoms with Gasteiger partial charge in [-0.05, 0) is 59.9 Å². The summed E-state index contributed by atoms with van der Waals surface area (Å²) in [6.45, 7) is 2.14. The summed E-state index contributed by atoms with van der Waals surface area (Å²) in [4.78, 5) is 26.1. The number of aryl methyl sites for hydroxylation is 1. The second-order valence-corrected chi connectivity index (χ2v) is 7.72. The zero-order chi connectivity index (χ0) is 21.1. The number of likely N-dealkylation sites (N-methyl/N-ethyl adjacent to an activating group) is 1. The SMILES string of the molecule is Cc1ccc(NC(=O)CN(C)C(=O)CNc2ccc3c(c2)Cc2ccccc2-3)cc1. The van der Waals surface area contributed by atoms with Crippen LogP contribution in [0.2, 0.25) is 0 Å². The van der Waals surface area contributed by atoms with Crippen LogP contribution >= 0.6 is 0 Å². The predicted octanol–water partition coefficient (Wildman–Crippen LogP) is 4.08. The lowest BCUT2D eigenvalue weighted by Crippen LogP contribution is -2.38. The first kappa shape index (κ1) is 19.7. The number of hydrogen-bond acceptors (Lipinski definition) is 3. The molecule has 1 aliphatic carbocycles. The van der Waals surface area contributed by atoms with Crippen molar-refractivity contribution in [2.45, 2.75) is 13.3 Å². The van der Waals surface area contributed by atoms with Gasteiger partial charge < -0.3 is 15.5 Å². The summed E-state index contributed by atoms with van der Waals surface area (Å²) < 4.78 is 0. The number of nitrogens with zero attached hydrogens (tertiary/aromatic N) is 1. The van der Waals surface area contributed by atoms with Gasteiger partial charge in [0.25, 0.3) is 0 Å². The van der Waals surface area contributed by atoms with E-state index in [1.807, 2.05) is 37.3 Å². The van der Waals surface area contributed by atoms with Gasteiger partial charge in [-0.1, -0.05) is 48.0 Å². The summed E-state index contributed by atoms with van der Waals surface area (Å²) in [5.74, 6) is -0.358. The quantitative estimate of drug-likeness (QED) is 0.514. The maximum atomic E-state index is 12.4. The molecular formula is C25H25N3O2. The Morgan fingerprint density at radius 3 is 2.40 bits per heavy atom. The third-order valence-electron chi connectivity index (χ3n) is 5.38. The van der Waals surface area contributed by atoms with Crippen LogP contribution < -0.4 is 10.6 Å². The van der Waals surface area contributed by atoms with Gasteiger partial charge in [0.2, 0.25) is 11.8 Å². The van der Waals surface area contributed by atoms with Crippen molar-refractivity contribution in [1.29, 1.82) is 0 Å². The van der Waals surface area contributed by atoms with Crippen LogP contribution in [0.4, 0.5) is 11.4 Å². The monoisotopic (exact) mass is 399 g/mol. The van der Waals surface area contributed by atoms with E-state index in [1.54, 1.807) is 7.05 Å². The number of benzene rings is 3. The second kappa shape index (κ2) is 8.41. The summed E-state index contributed by atoms with van der Waals surface area (Å²) in [5.41, 5.74) is 7.90. The van der Waals surface area contributed by atoms with Gasteiger partial charge in [-0.3, -0.25) is 9.59 Å². The molecule has 3 aromatic carbocycles. The lowest BCUT2D eigenvalue weighted by atomic mass is 10.1. The zero-order valence-electron chi connectivity index (χ0n) is 17.2. The Hall–Kier alpha value is -3.60. The standard InChI is InChI=1S/C25H25N3O2/c1-17-7-9-20(10-8-17)27-24(29)16-28(2)25(30)15-26-21-11-12-23-19(14-21)13-18-5-3-4-6-22(18)23/h3-12,14,26H,13,15-16H2,1-2H3,(H,27,29). The molecule has 0 spiro atoms. The molecule has 0 aliphatic heterocycles. The summed E-state index contributed by atoms with van der Waals surface area (Å²) >= 11 is 0. The number of hydrogen-bond donors (Lipinski definition) is 2. The second-order valence-electron chi connectivity index (χ2n) is 7.72. The first-order chi connectivity index (χ1) is 14.5. The molecule has 5 nitrogen and oxygen atoms in total. The van der Waals surface area contributed by atoms with Gasteiger partial charge in [0, 0.05) is 18.4 Å². The highest BCUT2D eigenvalue weighted by Gasteiger charge is 2.18. The molecule has 5 heteroatoms. The third-order valence-corrected chi connectivity index (χ3v) is 5.38. The normalized spacial score (nSPS) is 11.4. The number of amides is 2. The molecule has 0 radical (unpaired) electrons.